The van der Waals surface area contributed by atoms with E-state index in [1.807, 2.05) is 13.1 Å². The number of halogens is 3. The second-order valence-electron chi connectivity index (χ2n) is 7.24. The number of carbonyl (C=O) groups is 2. The highest BCUT2D eigenvalue weighted by Crippen LogP contribution is 2.42. The molecule has 0 aliphatic heterocycles. The first-order chi connectivity index (χ1) is 15.7. The number of benzene rings is 1. The monoisotopic (exact) mass is 581 g/mol. The molecular formula is C22H18F2IN5O2S. The Hall–Kier alpha value is -2.93. The molecule has 0 aliphatic rings. The first-order valence-electron chi connectivity index (χ1n) is 9.84. The van der Waals surface area contributed by atoms with Gasteiger partial charge in [0.15, 0.2) is 0 Å². The van der Waals surface area contributed by atoms with E-state index in [2.05, 4.69) is 38.0 Å². The van der Waals surface area contributed by atoms with Crippen molar-refractivity contribution in [3.63, 3.8) is 0 Å². The lowest BCUT2D eigenvalue weighted by Crippen LogP contribution is -2.18. The van der Waals surface area contributed by atoms with Crippen molar-refractivity contribution in [2.45, 2.75) is 26.3 Å². The maximum Gasteiger partial charge on any atom is 0.280 e. The first kappa shape index (κ1) is 23.2. The topological polar surface area (TPSA) is 103 Å². The molecule has 0 saturated heterocycles. The summed E-state index contributed by atoms with van der Waals surface area (Å²) in [4.78, 5) is 29.2. The molecular weight excluding hydrogens is 563 g/mol. The fourth-order valence-corrected chi connectivity index (χ4v) is 4.84. The molecule has 11 heteroatoms. The van der Waals surface area contributed by atoms with Crippen LogP contribution < -0.4 is 11.1 Å². The lowest BCUT2D eigenvalue weighted by molar-refractivity contribution is -0.116. The number of alkyl halides is 2. The maximum atomic E-state index is 13.5. The van der Waals surface area contributed by atoms with Gasteiger partial charge in [0, 0.05) is 24.5 Å². The Morgan fingerprint density at radius 2 is 2.00 bits per heavy atom. The Kier molecular flexibility index (Phi) is 6.70. The van der Waals surface area contributed by atoms with Crippen LogP contribution in [0.25, 0.3) is 21.3 Å². The van der Waals surface area contributed by atoms with Gasteiger partial charge in [-0.05, 0) is 46.7 Å². The number of hydrogen-bond donors (Lipinski definition) is 2. The third-order valence-electron chi connectivity index (χ3n) is 4.93. The van der Waals surface area contributed by atoms with Crippen LogP contribution in [0.5, 0.6) is 0 Å². The number of aryl methyl sites for hydroxylation is 2. The smallest absolute Gasteiger partial charge is 0.280 e. The average molecular weight is 581 g/mol. The van der Waals surface area contributed by atoms with Gasteiger partial charge >= 0.3 is 0 Å². The molecule has 33 heavy (non-hydrogen) atoms. The largest absolute Gasteiger partial charge is 0.365 e. The van der Waals surface area contributed by atoms with Crippen LogP contribution in [-0.4, -0.2) is 26.6 Å². The van der Waals surface area contributed by atoms with E-state index in [0.29, 0.717) is 23.1 Å². The normalized spacial score (nSPS) is 11.3. The molecule has 4 aromatic rings. The summed E-state index contributed by atoms with van der Waals surface area (Å²) in [5.74, 6) is -1.14. The van der Waals surface area contributed by atoms with E-state index in [1.165, 1.54) is 6.07 Å². The molecule has 0 radical (unpaired) electrons. The zero-order valence-electron chi connectivity index (χ0n) is 17.3. The van der Waals surface area contributed by atoms with E-state index in [1.54, 1.807) is 35.0 Å². The zero-order valence-corrected chi connectivity index (χ0v) is 20.3. The molecule has 3 heterocycles. The summed E-state index contributed by atoms with van der Waals surface area (Å²) in [6, 6.07) is 10.2. The molecule has 3 N–H and O–H groups in total. The third kappa shape index (κ3) is 4.88. The highest BCUT2D eigenvalue weighted by atomic mass is 127. The molecule has 0 bridgehead atoms. The quantitative estimate of drug-likeness (QED) is 0.295. The summed E-state index contributed by atoms with van der Waals surface area (Å²) in [7, 11) is 0. The minimum absolute atomic E-state index is 0.0546. The molecule has 0 fully saturated rings. The summed E-state index contributed by atoms with van der Waals surface area (Å²) >= 11 is 3.04. The lowest BCUT2D eigenvalue weighted by Gasteiger charge is -2.11. The Morgan fingerprint density at radius 3 is 2.61 bits per heavy atom. The molecule has 4 rings (SSSR count). The van der Waals surface area contributed by atoms with Gasteiger partial charge < -0.3 is 11.1 Å². The Labute approximate surface area is 205 Å². The van der Waals surface area contributed by atoms with E-state index in [9.17, 15) is 18.4 Å². The van der Waals surface area contributed by atoms with Gasteiger partial charge in [-0.1, -0.05) is 30.3 Å². The van der Waals surface area contributed by atoms with Gasteiger partial charge in [-0.25, -0.2) is 13.8 Å². The number of pyridine rings is 1. The number of thiophene rings is 1. The van der Waals surface area contributed by atoms with Gasteiger partial charge in [0.2, 0.25) is 5.91 Å². The van der Waals surface area contributed by atoms with Crippen LogP contribution in [-0.2, 0) is 11.3 Å². The summed E-state index contributed by atoms with van der Waals surface area (Å²) in [5.41, 5.74) is 7.28. The van der Waals surface area contributed by atoms with E-state index in [0.717, 1.165) is 20.6 Å². The minimum Gasteiger partial charge on any atom is -0.365 e. The maximum absolute atomic E-state index is 13.5. The van der Waals surface area contributed by atoms with Gasteiger partial charge in [0.05, 0.1) is 15.0 Å². The fraction of sp³-hybridized carbons (Fsp3) is 0.182. The van der Waals surface area contributed by atoms with E-state index >= 15 is 0 Å². The number of aromatic nitrogens is 3. The standard InChI is InChI=1S/C22H18F2IN5O2S/c1-11-14(25)10-30(29-11)8-7-16(31)28-18-17-13(12-5-3-2-4-6-12)9-15(20(23)24)27-22(17)33-19(18)21(26)32/h2-6,9-10,20H,7-8H2,1H3,(H2,26,32)(H,28,31). The van der Waals surface area contributed by atoms with Crippen molar-refractivity contribution >= 4 is 61.6 Å². The molecule has 0 saturated carbocycles. The van der Waals surface area contributed by atoms with Crippen LogP contribution >= 0.6 is 33.9 Å². The number of amides is 2. The predicted octanol–water partition coefficient (Wildman–Crippen LogP) is 5.14. The average Bonchev–Trinajstić information content (AvgIpc) is 3.31. The fourth-order valence-electron chi connectivity index (χ4n) is 3.39. The van der Waals surface area contributed by atoms with Crippen LogP contribution in [0.4, 0.5) is 14.5 Å². The molecule has 0 atom stereocenters. The van der Waals surface area contributed by atoms with Crippen molar-refractivity contribution in [1.29, 1.82) is 0 Å². The summed E-state index contributed by atoms with van der Waals surface area (Å²) in [5, 5.41) is 7.50. The number of anilines is 1. The van der Waals surface area contributed by atoms with Crippen molar-refractivity contribution < 1.29 is 18.4 Å². The summed E-state index contributed by atoms with van der Waals surface area (Å²) < 4.78 is 29.7. The van der Waals surface area contributed by atoms with Crippen molar-refractivity contribution in [2.75, 3.05) is 5.32 Å². The number of fused-ring (bicyclic) bond motifs is 1. The first-order valence-corrected chi connectivity index (χ1v) is 11.7. The minimum atomic E-state index is -2.80. The molecule has 2 amide bonds. The molecule has 1 aromatic carbocycles. The number of nitrogens with two attached hydrogens (primary N) is 1. The Balaban J connectivity index is 1.76. The molecule has 7 nitrogen and oxygen atoms in total. The van der Waals surface area contributed by atoms with Gasteiger partial charge in [-0.3, -0.25) is 14.3 Å². The van der Waals surface area contributed by atoms with Gasteiger partial charge in [-0.15, -0.1) is 11.3 Å². The Bertz CT molecular complexity index is 1330. The summed E-state index contributed by atoms with van der Waals surface area (Å²) in [6.07, 6.45) is -0.869. The van der Waals surface area contributed by atoms with Crippen LogP contribution in [0.3, 0.4) is 0 Å². The summed E-state index contributed by atoms with van der Waals surface area (Å²) in [6.45, 7) is 2.21. The third-order valence-corrected chi connectivity index (χ3v) is 7.09. The van der Waals surface area contributed by atoms with Crippen molar-refractivity contribution in [3.05, 3.63) is 62.4 Å². The Morgan fingerprint density at radius 1 is 1.27 bits per heavy atom. The van der Waals surface area contributed by atoms with Crippen LogP contribution in [0.15, 0.2) is 42.6 Å². The molecule has 0 unspecified atom stereocenters. The number of rotatable bonds is 7. The van der Waals surface area contributed by atoms with Crippen molar-refractivity contribution in [3.8, 4) is 11.1 Å². The van der Waals surface area contributed by atoms with Crippen molar-refractivity contribution in [1.82, 2.24) is 14.8 Å². The molecule has 170 valence electrons. The lowest BCUT2D eigenvalue weighted by atomic mass is 10.0. The number of hydrogen-bond acceptors (Lipinski definition) is 5. The van der Waals surface area contributed by atoms with E-state index in [-0.39, 0.29) is 27.7 Å². The van der Waals surface area contributed by atoms with Gasteiger partial charge in [0.1, 0.15) is 15.4 Å². The van der Waals surface area contributed by atoms with Crippen LogP contribution in [0, 0.1) is 10.5 Å². The zero-order chi connectivity index (χ0) is 23.7. The van der Waals surface area contributed by atoms with E-state index < -0.39 is 18.0 Å². The van der Waals surface area contributed by atoms with Crippen molar-refractivity contribution in [2.24, 2.45) is 5.73 Å². The van der Waals surface area contributed by atoms with Gasteiger partial charge in [0.25, 0.3) is 12.3 Å². The molecule has 0 aliphatic carbocycles. The number of nitrogens with zero attached hydrogens (tertiary/aromatic N) is 3. The second kappa shape index (κ2) is 9.51. The number of carbonyl (C=O) groups excluding carboxylic acids is 2. The number of nitrogens with one attached hydrogen (secondary N) is 1. The highest BCUT2D eigenvalue weighted by Gasteiger charge is 2.24. The predicted molar refractivity (Wildman–Crippen MR) is 131 cm³/mol. The number of primary amides is 1. The van der Waals surface area contributed by atoms with E-state index in [4.69, 9.17) is 5.73 Å². The highest BCUT2D eigenvalue weighted by molar-refractivity contribution is 14.1. The second-order valence-corrected chi connectivity index (χ2v) is 9.40. The van der Waals surface area contributed by atoms with Crippen LogP contribution in [0.1, 0.15) is 33.9 Å². The SMILES string of the molecule is Cc1nn(CCC(=O)Nc2c(C(N)=O)sc3nc(C(F)F)cc(-c4ccccc4)c23)cc1I. The van der Waals surface area contributed by atoms with Gasteiger partial charge in [-0.2, -0.15) is 5.10 Å². The molecule has 3 aromatic heterocycles. The molecule has 0 spiro atoms. The van der Waals surface area contributed by atoms with Crippen LogP contribution in [0.2, 0.25) is 0 Å².